The average molecular weight is 423 g/mol. The molecule has 8 heteroatoms. The number of pyridine rings is 2. The van der Waals surface area contributed by atoms with Crippen LogP contribution in [0.5, 0.6) is 0 Å². The first-order valence-corrected chi connectivity index (χ1v) is 10.2. The van der Waals surface area contributed by atoms with Gasteiger partial charge < -0.3 is 9.55 Å². The van der Waals surface area contributed by atoms with Gasteiger partial charge in [-0.25, -0.2) is 14.4 Å². The Hall–Kier alpha value is -4.33. The molecule has 0 amide bonds. The van der Waals surface area contributed by atoms with Crippen LogP contribution in [0.1, 0.15) is 5.82 Å². The molecule has 7 nitrogen and oxygen atoms in total. The lowest BCUT2D eigenvalue weighted by atomic mass is 10.0. The molecule has 156 valence electrons. The number of hydrogen-bond acceptors (Lipinski definition) is 4. The van der Waals surface area contributed by atoms with E-state index in [0.29, 0.717) is 5.69 Å². The number of benzene rings is 1. The van der Waals surface area contributed by atoms with E-state index in [4.69, 9.17) is 4.98 Å². The number of nitrogens with one attached hydrogen (secondary N) is 2. The molecular weight excluding hydrogens is 405 g/mol. The summed E-state index contributed by atoms with van der Waals surface area (Å²) in [6, 6.07) is 12.5. The molecule has 0 aliphatic rings. The van der Waals surface area contributed by atoms with Gasteiger partial charge in [-0.3, -0.25) is 10.1 Å². The fourth-order valence-electron chi connectivity index (χ4n) is 4.03. The normalized spacial score (nSPS) is 11.6. The van der Waals surface area contributed by atoms with Crippen molar-refractivity contribution < 1.29 is 4.39 Å². The summed E-state index contributed by atoms with van der Waals surface area (Å²) in [4.78, 5) is 17.0. The third-order valence-corrected chi connectivity index (χ3v) is 5.83. The molecule has 5 heterocycles. The molecular formula is C24H18FN7. The topological polar surface area (TPSA) is 88.1 Å². The van der Waals surface area contributed by atoms with E-state index in [0.717, 1.165) is 56.0 Å². The highest BCUT2D eigenvalue weighted by atomic mass is 19.1. The van der Waals surface area contributed by atoms with Crippen molar-refractivity contribution in [3.05, 3.63) is 72.7 Å². The zero-order chi connectivity index (χ0) is 21.8. The first-order valence-electron chi connectivity index (χ1n) is 10.2. The molecule has 6 rings (SSSR count). The second-order valence-corrected chi connectivity index (χ2v) is 7.76. The van der Waals surface area contributed by atoms with Crippen molar-refractivity contribution in [2.45, 2.75) is 6.92 Å². The smallest absolute Gasteiger partial charge is 0.135 e. The quantitative estimate of drug-likeness (QED) is 0.419. The second-order valence-electron chi connectivity index (χ2n) is 7.76. The molecule has 1 aromatic carbocycles. The lowest BCUT2D eigenvalue weighted by molar-refractivity contribution is 0.628. The molecule has 0 saturated carbocycles. The standard InChI is InChI=1S/C24H18FN7/c1-13-27-12-22(32(13)2)18-6-7-19-23(29-18)24(31-30-19)20-9-16-17(10-26-11-21(16)28-20)14-4-3-5-15(25)8-14/h3-12,28H,1-2H3,(H,30,31). The Labute approximate surface area is 182 Å². The molecule has 0 bridgehead atoms. The highest BCUT2D eigenvalue weighted by molar-refractivity contribution is 5.99. The van der Waals surface area contributed by atoms with E-state index in [-0.39, 0.29) is 5.82 Å². The molecule has 6 aromatic rings. The summed E-state index contributed by atoms with van der Waals surface area (Å²) in [5.74, 6) is 0.637. The van der Waals surface area contributed by atoms with Gasteiger partial charge in [0.2, 0.25) is 0 Å². The molecule has 0 atom stereocenters. The van der Waals surface area contributed by atoms with Gasteiger partial charge in [0.1, 0.15) is 22.9 Å². The Morgan fingerprint density at radius 1 is 1.00 bits per heavy atom. The van der Waals surface area contributed by atoms with Crippen LogP contribution in [0.2, 0.25) is 0 Å². The van der Waals surface area contributed by atoms with Crippen LogP contribution < -0.4 is 0 Å². The van der Waals surface area contributed by atoms with E-state index in [2.05, 4.69) is 25.1 Å². The lowest BCUT2D eigenvalue weighted by Crippen LogP contribution is -1.96. The van der Waals surface area contributed by atoms with Gasteiger partial charge in [0.05, 0.1) is 40.5 Å². The number of nitrogens with zero attached hydrogens (tertiary/aromatic N) is 5. The predicted octanol–water partition coefficient (Wildman–Crippen LogP) is 5.02. The van der Waals surface area contributed by atoms with Gasteiger partial charge in [-0.1, -0.05) is 12.1 Å². The minimum absolute atomic E-state index is 0.282. The maximum atomic E-state index is 13.8. The maximum absolute atomic E-state index is 13.8. The molecule has 0 saturated heterocycles. The Bertz CT molecular complexity index is 1620. The molecule has 0 unspecified atom stereocenters. The number of imidazole rings is 1. The number of H-pyrrole nitrogens is 2. The first kappa shape index (κ1) is 18.4. The summed E-state index contributed by atoms with van der Waals surface area (Å²) in [5, 5.41) is 8.52. The molecule has 0 aliphatic carbocycles. The number of rotatable bonds is 3. The van der Waals surface area contributed by atoms with E-state index in [9.17, 15) is 4.39 Å². The fourth-order valence-corrected chi connectivity index (χ4v) is 4.03. The number of halogens is 1. The van der Waals surface area contributed by atoms with Crippen LogP contribution in [0.25, 0.3) is 55.8 Å². The minimum Gasteiger partial charge on any atom is -0.352 e. The first-order chi connectivity index (χ1) is 15.6. The zero-order valence-electron chi connectivity index (χ0n) is 17.4. The van der Waals surface area contributed by atoms with E-state index in [1.165, 1.54) is 12.1 Å². The Morgan fingerprint density at radius 3 is 2.72 bits per heavy atom. The summed E-state index contributed by atoms with van der Waals surface area (Å²) in [6.45, 7) is 1.96. The second kappa shape index (κ2) is 6.84. The third-order valence-electron chi connectivity index (χ3n) is 5.83. The van der Waals surface area contributed by atoms with Gasteiger partial charge in [-0.05, 0) is 42.8 Å². The molecule has 0 aliphatic heterocycles. The summed E-state index contributed by atoms with van der Waals surface area (Å²) in [5.41, 5.74) is 7.34. The zero-order valence-corrected chi connectivity index (χ0v) is 17.4. The molecule has 0 spiro atoms. The fraction of sp³-hybridized carbons (Fsp3) is 0.0833. The number of aromatic nitrogens is 7. The van der Waals surface area contributed by atoms with E-state index in [1.54, 1.807) is 18.5 Å². The van der Waals surface area contributed by atoms with Gasteiger partial charge in [0, 0.05) is 24.2 Å². The van der Waals surface area contributed by atoms with Crippen LogP contribution >= 0.6 is 0 Å². The largest absolute Gasteiger partial charge is 0.352 e. The van der Waals surface area contributed by atoms with Crippen molar-refractivity contribution in [3.63, 3.8) is 0 Å². The molecule has 0 fully saturated rings. The number of fused-ring (bicyclic) bond motifs is 2. The van der Waals surface area contributed by atoms with Crippen molar-refractivity contribution >= 4 is 21.9 Å². The van der Waals surface area contributed by atoms with E-state index >= 15 is 0 Å². The average Bonchev–Trinajstić information content (AvgIpc) is 3.50. The van der Waals surface area contributed by atoms with Crippen molar-refractivity contribution in [1.29, 1.82) is 0 Å². The highest BCUT2D eigenvalue weighted by Crippen LogP contribution is 2.33. The van der Waals surface area contributed by atoms with Crippen molar-refractivity contribution in [3.8, 4) is 33.9 Å². The highest BCUT2D eigenvalue weighted by Gasteiger charge is 2.16. The van der Waals surface area contributed by atoms with Crippen molar-refractivity contribution in [1.82, 2.24) is 34.7 Å². The molecule has 32 heavy (non-hydrogen) atoms. The number of aryl methyl sites for hydroxylation is 1. The SMILES string of the molecule is Cc1ncc(-c2ccc3[nH]nc(-c4cc5c(-c6cccc(F)c6)cncc5[nH]4)c3n2)n1C. The number of hydrogen-bond donors (Lipinski definition) is 2. The van der Waals surface area contributed by atoms with Crippen molar-refractivity contribution in [2.75, 3.05) is 0 Å². The Kier molecular flexibility index (Phi) is 3.94. The Balaban J connectivity index is 1.52. The third kappa shape index (κ3) is 2.80. The molecule has 2 N–H and O–H groups in total. The summed E-state index contributed by atoms with van der Waals surface area (Å²) >= 11 is 0. The summed E-state index contributed by atoms with van der Waals surface area (Å²) in [6.07, 6.45) is 5.33. The molecule has 0 radical (unpaired) electrons. The number of aromatic amines is 2. The Morgan fingerprint density at radius 2 is 1.91 bits per heavy atom. The van der Waals surface area contributed by atoms with Crippen LogP contribution in [-0.2, 0) is 7.05 Å². The van der Waals surface area contributed by atoms with Gasteiger partial charge >= 0.3 is 0 Å². The van der Waals surface area contributed by atoms with Crippen LogP contribution in [0.15, 0.2) is 61.1 Å². The lowest BCUT2D eigenvalue weighted by Gasteiger charge is -2.03. The monoisotopic (exact) mass is 423 g/mol. The van der Waals surface area contributed by atoms with Crippen LogP contribution in [-0.4, -0.2) is 34.7 Å². The summed E-state index contributed by atoms with van der Waals surface area (Å²) in [7, 11) is 1.97. The van der Waals surface area contributed by atoms with Crippen LogP contribution in [0.4, 0.5) is 4.39 Å². The van der Waals surface area contributed by atoms with Gasteiger partial charge in [0.15, 0.2) is 0 Å². The van der Waals surface area contributed by atoms with E-state index < -0.39 is 0 Å². The van der Waals surface area contributed by atoms with Gasteiger partial charge in [-0.15, -0.1) is 0 Å². The maximum Gasteiger partial charge on any atom is 0.135 e. The van der Waals surface area contributed by atoms with Gasteiger partial charge in [-0.2, -0.15) is 5.10 Å². The van der Waals surface area contributed by atoms with Gasteiger partial charge in [0.25, 0.3) is 0 Å². The van der Waals surface area contributed by atoms with Crippen LogP contribution in [0, 0.1) is 12.7 Å². The van der Waals surface area contributed by atoms with E-state index in [1.807, 2.05) is 49.0 Å². The summed E-state index contributed by atoms with van der Waals surface area (Å²) < 4.78 is 15.8. The van der Waals surface area contributed by atoms with Crippen LogP contribution in [0.3, 0.4) is 0 Å². The minimum atomic E-state index is -0.282. The molecule has 5 aromatic heterocycles. The van der Waals surface area contributed by atoms with Crippen molar-refractivity contribution in [2.24, 2.45) is 7.05 Å². The predicted molar refractivity (Wildman–Crippen MR) is 121 cm³/mol.